The van der Waals surface area contributed by atoms with E-state index in [4.69, 9.17) is 0 Å². The zero-order valence-corrected chi connectivity index (χ0v) is 17.7. The molecule has 0 radical (unpaired) electrons. The van der Waals surface area contributed by atoms with Crippen molar-refractivity contribution in [1.82, 2.24) is 10.0 Å². The van der Waals surface area contributed by atoms with Crippen LogP contribution >= 0.6 is 0 Å². The van der Waals surface area contributed by atoms with Gasteiger partial charge in [-0.15, -0.1) is 0 Å². The van der Waals surface area contributed by atoms with E-state index in [1.54, 1.807) is 36.4 Å². The van der Waals surface area contributed by atoms with Crippen molar-refractivity contribution in [3.63, 3.8) is 0 Å². The van der Waals surface area contributed by atoms with Gasteiger partial charge in [0.15, 0.2) is 5.78 Å². The number of hydrogen-bond donors (Lipinski definition) is 1. The van der Waals surface area contributed by atoms with E-state index >= 15 is 0 Å². The highest BCUT2D eigenvalue weighted by atomic mass is 16.2. The van der Waals surface area contributed by atoms with E-state index in [2.05, 4.69) is 5.32 Å². The summed E-state index contributed by atoms with van der Waals surface area (Å²) in [6.07, 6.45) is 0. The van der Waals surface area contributed by atoms with Crippen molar-refractivity contribution in [2.24, 2.45) is 0 Å². The molecule has 0 spiro atoms. The lowest BCUT2D eigenvalue weighted by Gasteiger charge is -2.23. The van der Waals surface area contributed by atoms with Crippen molar-refractivity contribution in [3.05, 3.63) is 100 Å². The van der Waals surface area contributed by atoms with E-state index < -0.39 is 29.5 Å². The Hall–Kier alpha value is -4.92. The smallest absolute Gasteiger partial charge is 0.281 e. The van der Waals surface area contributed by atoms with E-state index in [9.17, 15) is 28.8 Å². The first-order valence-electron chi connectivity index (χ1n) is 10.2. The minimum Gasteiger partial charge on any atom is -0.322 e. The van der Waals surface area contributed by atoms with Crippen LogP contribution in [-0.2, 0) is 0 Å². The molecule has 9 heteroatoms. The fourth-order valence-electron chi connectivity index (χ4n) is 3.90. The zero-order chi connectivity index (χ0) is 24.1. The van der Waals surface area contributed by atoms with Gasteiger partial charge in [-0.2, -0.15) is 10.0 Å². The molecule has 2 heterocycles. The highest BCUT2D eigenvalue weighted by Gasteiger charge is 2.48. The standard InChI is InChI=1S/C25H15N3O6/c1-13(29)14-6-9-16(10-7-14)26-21(30)15-8-11-19-20(12-15)25(34)28(24(19)33)27-22(31)17-4-2-3-5-18(17)23(27)32/h2-12H,1H3,(H,26,30). The van der Waals surface area contributed by atoms with Crippen LogP contribution in [0.3, 0.4) is 0 Å². The number of hydrogen-bond acceptors (Lipinski definition) is 6. The van der Waals surface area contributed by atoms with Crippen molar-refractivity contribution in [2.45, 2.75) is 6.92 Å². The number of nitrogens with zero attached hydrogens (tertiary/aromatic N) is 2. The second kappa shape index (κ2) is 7.59. The molecule has 0 aromatic heterocycles. The van der Waals surface area contributed by atoms with Gasteiger partial charge in [0.1, 0.15) is 0 Å². The quantitative estimate of drug-likeness (QED) is 0.479. The van der Waals surface area contributed by atoms with E-state index in [0.717, 1.165) is 0 Å². The summed E-state index contributed by atoms with van der Waals surface area (Å²) in [5.41, 5.74) is 1.10. The highest BCUT2D eigenvalue weighted by molar-refractivity contribution is 6.28. The zero-order valence-electron chi connectivity index (χ0n) is 17.7. The average molecular weight is 453 g/mol. The van der Waals surface area contributed by atoms with Gasteiger partial charge in [-0.25, -0.2) is 0 Å². The Bertz CT molecular complexity index is 1420. The maximum atomic E-state index is 13.1. The first kappa shape index (κ1) is 21.0. The number of fused-ring (bicyclic) bond motifs is 2. The predicted molar refractivity (Wildman–Crippen MR) is 118 cm³/mol. The Kier molecular flexibility index (Phi) is 4.68. The van der Waals surface area contributed by atoms with Gasteiger partial charge in [0, 0.05) is 16.8 Å². The fraction of sp³-hybridized carbons (Fsp3) is 0.0400. The normalized spacial score (nSPS) is 14.4. The molecule has 0 saturated heterocycles. The molecule has 9 nitrogen and oxygen atoms in total. The number of imide groups is 2. The molecule has 3 aromatic rings. The number of benzene rings is 3. The SMILES string of the molecule is CC(=O)c1ccc(NC(=O)c2ccc3c(c2)C(=O)N(N2C(=O)c4ccccc4C2=O)C3=O)cc1. The summed E-state index contributed by atoms with van der Waals surface area (Å²) in [7, 11) is 0. The van der Waals surface area contributed by atoms with Crippen molar-refractivity contribution < 1.29 is 28.8 Å². The second-order valence-corrected chi connectivity index (χ2v) is 7.74. The Labute approximate surface area is 192 Å². The highest BCUT2D eigenvalue weighted by Crippen LogP contribution is 2.31. The molecule has 0 aliphatic carbocycles. The summed E-state index contributed by atoms with van der Waals surface area (Å²) >= 11 is 0. The van der Waals surface area contributed by atoms with Crippen molar-refractivity contribution in [1.29, 1.82) is 0 Å². The Morgan fingerprint density at radius 2 is 1.09 bits per heavy atom. The van der Waals surface area contributed by atoms with Gasteiger partial charge in [0.05, 0.1) is 22.3 Å². The molecule has 0 fully saturated rings. The average Bonchev–Trinajstić information content (AvgIpc) is 3.23. The lowest BCUT2D eigenvalue weighted by molar-refractivity contribution is 0.00845. The van der Waals surface area contributed by atoms with Crippen LogP contribution in [-0.4, -0.2) is 45.3 Å². The van der Waals surface area contributed by atoms with Crippen molar-refractivity contribution in [2.75, 3.05) is 5.32 Å². The third kappa shape index (κ3) is 3.10. The van der Waals surface area contributed by atoms with Gasteiger partial charge in [-0.05, 0) is 61.5 Å². The molecule has 3 aromatic carbocycles. The predicted octanol–water partition coefficient (Wildman–Crippen LogP) is 2.95. The van der Waals surface area contributed by atoms with Crippen LogP contribution in [0.1, 0.15) is 69.1 Å². The lowest BCUT2D eigenvalue weighted by atomic mass is 10.1. The number of amides is 5. The van der Waals surface area contributed by atoms with Crippen LogP contribution in [0, 0.1) is 0 Å². The van der Waals surface area contributed by atoms with Crippen molar-refractivity contribution >= 4 is 41.0 Å². The summed E-state index contributed by atoms with van der Waals surface area (Å²) in [6.45, 7) is 1.43. The van der Waals surface area contributed by atoms with Crippen LogP contribution in [0.15, 0.2) is 66.7 Å². The molecule has 5 rings (SSSR count). The number of carbonyl (C=O) groups excluding carboxylic acids is 6. The second-order valence-electron chi connectivity index (χ2n) is 7.74. The van der Waals surface area contributed by atoms with Gasteiger partial charge >= 0.3 is 0 Å². The third-order valence-electron chi connectivity index (χ3n) is 5.65. The van der Waals surface area contributed by atoms with E-state index in [1.165, 1.54) is 37.3 Å². The largest absolute Gasteiger partial charge is 0.322 e. The Balaban J connectivity index is 1.41. The Morgan fingerprint density at radius 3 is 1.62 bits per heavy atom. The maximum absolute atomic E-state index is 13.1. The number of anilines is 1. The van der Waals surface area contributed by atoms with Crippen LogP contribution < -0.4 is 5.32 Å². The number of carbonyl (C=O) groups is 6. The van der Waals surface area contributed by atoms with Gasteiger partial charge in [0.2, 0.25) is 0 Å². The molecule has 34 heavy (non-hydrogen) atoms. The molecule has 166 valence electrons. The number of ketones is 1. The topological polar surface area (TPSA) is 121 Å². The lowest BCUT2D eigenvalue weighted by Crippen LogP contribution is -2.49. The number of hydrazine groups is 1. The monoisotopic (exact) mass is 453 g/mol. The summed E-state index contributed by atoms with van der Waals surface area (Å²) in [4.78, 5) is 75.6. The molecule has 0 unspecified atom stereocenters. The van der Waals surface area contributed by atoms with Gasteiger partial charge in [0.25, 0.3) is 29.5 Å². The molecular formula is C25H15N3O6. The fourth-order valence-corrected chi connectivity index (χ4v) is 3.90. The first-order valence-corrected chi connectivity index (χ1v) is 10.2. The molecule has 0 atom stereocenters. The minimum atomic E-state index is -0.880. The van der Waals surface area contributed by atoms with E-state index in [0.29, 0.717) is 21.3 Å². The van der Waals surface area contributed by atoms with Crippen LogP contribution in [0.5, 0.6) is 0 Å². The molecule has 0 bridgehead atoms. The van der Waals surface area contributed by atoms with E-state index in [-0.39, 0.29) is 33.6 Å². The summed E-state index contributed by atoms with van der Waals surface area (Å²) < 4.78 is 0. The van der Waals surface area contributed by atoms with Gasteiger partial charge in [-0.1, -0.05) is 12.1 Å². The molecule has 2 aliphatic rings. The molecule has 5 amide bonds. The Morgan fingerprint density at radius 1 is 0.618 bits per heavy atom. The number of nitrogens with one attached hydrogen (secondary N) is 1. The molecule has 2 aliphatic heterocycles. The third-order valence-corrected chi connectivity index (χ3v) is 5.65. The molecule has 0 saturated carbocycles. The number of Topliss-reactive ketones (excluding diaryl/α,β-unsaturated/α-hetero) is 1. The number of rotatable bonds is 4. The first-order chi connectivity index (χ1) is 16.3. The van der Waals surface area contributed by atoms with Gasteiger partial charge in [-0.3, -0.25) is 28.8 Å². The summed E-state index contributed by atoms with van der Waals surface area (Å²) in [6, 6.07) is 16.2. The van der Waals surface area contributed by atoms with Crippen LogP contribution in [0.2, 0.25) is 0 Å². The minimum absolute atomic E-state index is 0.0242. The van der Waals surface area contributed by atoms with E-state index in [1.807, 2.05) is 0 Å². The van der Waals surface area contributed by atoms with Gasteiger partial charge < -0.3 is 5.32 Å². The summed E-state index contributed by atoms with van der Waals surface area (Å²) in [5.74, 6) is -3.92. The van der Waals surface area contributed by atoms with Crippen LogP contribution in [0.4, 0.5) is 5.69 Å². The van der Waals surface area contributed by atoms with Crippen LogP contribution in [0.25, 0.3) is 0 Å². The van der Waals surface area contributed by atoms with Crippen molar-refractivity contribution in [3.8, 4) is 0 Å². The molecular weight excluding hydrogens is 438 g/mol. The molecule has 1 N–H and O–H groups in total. The maximum Gasteiger partial charge on any atom is 0.281 e. The summed E-state index contributed by atoms with van der Waals surface area (Å²) in [5, 5.41) is 3.70.